The molecule has 0 radical (unpaired) electrons. The van der Waals surface area contributed by atoms with E-state index < -0.39 is 28.4 Å². The summed E-state index contributed by atoms with van der Waals surface area (Å²) in [5.74, 6) is -2.52. The van der Waals surface area contributed by atoms with Crippen LogP contribution in [0.15, 0.2) is 42.5 Å². The van der Waals surface area contributed by atoms with E-state index in [0.717, 1.165) is 6.07 Å². The molecule has 98 valence electrons. The van der Waals surface area contributed by atoms with E-state index in [1.165, 1.54) is 13.0 Å². The van der Waals surface area contributed by atoms with Crippen molar-refractivity contribution in [3.63, 3.8) is 0 Å². The van der Waals surface area contributed by atoms with Gasteiger partial charge in [-0.3, -0.25) is 4.79 Å². The molecule has 1 unspecified atom stereocenters. The highest BCUT2D eigenvalue weighted by Crippen LogP contribution is 2.28. The van der Waals surface area contributed by atoms with Crippen molar-refractivity contribution in [1.29, 1.82) is 0 Å². The van der Waals surface area contributed by atoms with Crippen molar-refractivity contribution in [2.45, 2.75) is 12.3 Å². The van der Waals surface area contributed by atoms with E-state index in [0.29, 0.717) is 5.56 Å². The van der Waals surface area contributed by atoms with Crippen molar-refractivity contribution < 1.29 is 13.6 Å². The summed E-state index contributed by atoms with van der Waals surface area (Å²) >= 11 is 6.00. The first kappa shape index (κ1) is 13.7. The van der Waals surface area contributed by atoms with Crippen LogP contribution < -0.4 is 0 Å². The molecule has 0 saturated heterocycles. The van der Waals surface area contributed by atoms with E-state index in [1.54, 1.807) is 30.3 Å². The maximum atomic E-state index is 13.9. The van der Waals surface area contributed by atoms with E-state index in [9.17, 15) is 13.6 Å². The SMILES string of the molecule is Cc1ccc(F)c(C(=O)C(Cl)c2ccccc2)c1F. The molecule has 0 fully saturated rings. The molecule has 0 saturated carbocycles. The van der Waals surface area contributed by atoms with Gasteiger partial charge >= 0.3 is 0 Å². The summed E-state index contributed by atoms with van der Waals surface area (Å²) in [5.41, 5.74) is 0.139. The molecule has 0 bridgehead atoms. The minimum absolute atomic E-state index is 0.210. The van der Waals surface area contributed by atoms with Gasteiger partial charge in [-0.1, -0.05) is 36.4 Å². The van der Waals surface area contributed by atoms with Gasteiger partial charge in [-0.05, 0) is 24.1 Å². The molecule has 1 nitrogen and oxygen atoms in total. The molecule has 0 heterocycles. The lowest BCUT2D eigenvalue weighted by atomic mass is 10.00. The standard InChI is InChI=1S/C15H11ClF2O/c1-9-7-8-11(17)12(14(9)18)15(19)13(16)10-5-3-2-4-6-10/h2-8,13H,1H3. The lowest BCUT2D eigenvalue weighted by Gasteiger charge is -2.11. The van der Waals surface area contributed by atoms with Gasteiger partial charge < -0.3 is 0 Å². The zero-order chi connectivity index (χ0) is 14.0. The molecule has 0 aliphatic heterocycles. The quantitative estimate of drug-likeness (QED) is 0.600. The second kappa shape index (κ2) is 5.49. The van der Waals surface area contributed by atoms with Crippen LogP contribution in [-0.2, 0) is 0 Å². The molecule has 0 aromatic heterocycles. The maximum Gasteiger partial charge on any atom is 0.191 e. The summed E-state index contributed by atoms with van der Waals surface area (Å²) in [6, 6.07) is 10.8. The summed E-state index contributed by atoms with van der Waals surface area (Å²) < 4.78 is 27.5. The van der Waals surface area contributed by atoms with Crippen LogP contribution in [0.3, 0.4) is 0 Å². The van der Waals surface area contributed by atoms with Crippen molar-refractivity contribution in [3.8, 4) is 0 Å². The number of rotatable bonds is 3. The van der Waals surface area contributed by atoms with Crippen LogP contribution in [0.1, 0.15) is 26.9 Å². The van der Waals surface area contributed by atoms with Crippen LogP contribution in [0.25, 0.3) is 0 Å². The Kier molecular flexibility index (Phi) is 3.96. The van der Waals surface area contributed by atoms with E-state index in [4.69, 9.17) is 11.6 Å². The second-order valence-corrected chi connectivity index (χ2v) is 4.63. The molecule has 1 atom stereocenters. The highest BCUT2D eigenvalue weighted by molar-refractivity contribution is 6.34. The maximum absolute atomic E-state index is 13.9. The summed E-state index contributed by atoms with van der Waals surface area (Å²) in [4.78, 5) is 12.1. The van der Waals surface area contributed by atoms with Crippen LogP contribution in [0.5, 0.6) is 0 Å². The molecule has 0 spiro atoms. The van der Waals surface area contributed by atoms with Gasteiger partial charge in [-0.15, -0.1) is 11.6 Å². The fraction of sp³-hybridized carbons (Fsp3) is 0.133. The van der Waals surface area contributed by atoms with E-state index in [1.807, 2.05) is 0 Å². The molecule has 2 aromatic rings. The Balaban J connectivity index is 2.43. The molecular formula is C15H11ClF2O. The Labute approximate surface area is 114 Å². The van der Waals surface area contributed by atoms with Gasteiger partial charge in [0.25, 0.3) is 0 Å². The third-order valence-electron chi connectivity index (χ3n) is 2.85. The van der Waals surface area contributed by atoms with E-state index in [2.05, 4.69) is 0 Å². The Morgan fingerprint density at radius 2 is 1.74 bits per heavy atom. The monoisotopic (exact) mass is 280 g/mol. The summed E-state index contributed by atoms with van der Waals surface area (Å²) in [7, 11) is 0. The Morgan fingerprint density at radius 1 is 1.11 bits per heavy atom. The third-order valence-corrected chi connectivity index (χ3v) is 3.30. The highest BCUT2D eigenvalue weighted by Gasteiger charge is 2.26. The number of hydrogen-bond acceptors (Lipinski definition) is 1. The predicted molar refractivity (Wildman–Crippen MR) is 70.5 cm³/mol. The van der Waals surface area contributed by atoms with Gasteiger partial charge in [0, 0.05) is 0 Å². The summed E-state index contributed by atoms with van der Waals surface area (Å²) in [5, 5.41) is -1.10. The fourth-order valence-electron chi connectivity index (χ4n) is 1.78. The first-order valence-corrected chi connectivity index (χ1v) is 6.14. The van der Waals surface area contributed by atoms with Crippen molar-refractivity contribution in [3.05, 3.63) is 70.8 Å². The first-order valence-electron chi connectivity index (χ1n) is 5.70. The minimum Gasteiger partial charge on any atom is -0.292 e. The van der Waals surface area contributed by atoms with Crippen molar-refractivity contribution >= 4 is 17.4 Å². The third kappa shape index (κ3) is 2.66. The zero-order valence-electron chi connectivity index (χ0n) is 10.2. The number of carbonyl (C=O) groups is 1. The Hall–Kier alpha value is -1.74. The van der Waals surface area contributed by atoms with E-state index >= 15 is 0 Å². The van der Waals surface area contributed by atoms with Gasteiger partial charge in [-0.25, -0.2) is 8.78 Å². The molecule has 0 amide bonds. The lowest BCUT2D eigenvalue weighted by Crippen LogP contribution is -2.13. The van der Waals surface area contributed by atoms with Crippen LogP contribution >= 0.6 is 11.6 Å². The topological polar surface area (TPSA) is 17.1 Å². The van der Waals surface area contributed by atoms with E-state index in [-0.39, 0.29) is 5.56 Å². The molecule has 0 aliphatic rings. The number of aryl methyl sites for hydroxylation is 1. The number of hydrogen-bond donors (Lipinski definition) is 0. The average Bonchev–Trinajstić information content (AvgIpc) is 2.43. The van der Waals surface area contributed by atoms with Crippen molar-refractivity contribution in [1.82, 2.24) is 0 Å². The predicted octanol–water partition coefficient (Wildman–Crippen LogP) is 4.44. The van der Waals surface area contributed by atoms with Gasteiger partial charge in [-0.2, -0.15) is 0 Å². The molecule has 2 rings (SSSR count). The van der Waals surface area contributed by atoms with Gasteiger partial charge in [0.15, 0.2) is 5.78 Å². The molecule has 0 aliphatic carbocycles. The average molecular weight is 281 g/mol. The highest BCUT2D eigenvalue weighted by atomic mass is 35.5. The summed E-state index contributed by atoms with van der Waals surface area (Å²) in [6.45, 7) is 1.47. The number of ketones is 1. The van der Waals surface area contributed by atoms with Gasteiger partial charge in [0.2, 0.25) is 0 Å². The lowest BCUT2D eigenvalue weighted by molar-refractivity contribution is 0.0979. The summed E-state index contributed by atoms with van der Waals surface area (Å²) in [6.07, 6.45) is 0. The Morgan fingerprint density at radius 3 is 2.37 bits per heavy atom. The molecule has 19 heavy (non-hydrogen) atoms. The molecule has 0 N–H and O–H groups in total. The largest absolute Gasteiger partial charge is 0.292 e. The van der Waals surface area contributed by atoms with Gasteiger partial charge in [0.05, 0.1) is 5.56 Å². The zero-order valence-corrected chi connectivity index (χ0v) is 10.9. The van der Waals surface area contributed by atoms with Crippen LogP contribution in [0, 0.1) is 18.6 Å². The van der Waals surface area contributed by atoms with Crippen LogP contribution in [-0.4, -0.2) is 5.78 Å². The van der Waals surface area contributed by atoms with Crippen molar-refractivity contribution in [2.24, 2.45) is 0 Å². The number of benzene rings is 2. The number of Topliss-reactive ketones (excluding diaryl/α,β-unsaturated/α-hetero) is 1. The molecule has 2 aromatic carbocycles. The minimum atomic E-state index is -1.10. The van der Waals surface area contributed by atoms with Gasteiger partial charge in [0.1, 0.15) is 17.0 Å². The van der Waals surface area contributed by atoms with Crippen LogP contribution in [0.4, 0.5) is 8.78 Å². The van der Waals surface area contributed by atoms with Crippen molar-refractivity contribution in [2.75, 3.05) is 0 Å². The second-order valence-electron chi connectivity index (χ2n) is 4.19. The molecular weight excluding hydrogens is 270 g/mol. The van der Waals surface area contributed by atoms with Crippen LogP contribution in [0.2, 0.25) is 0 Å². The smallest absolute Gasteiger partial charge is 0.191 e. The number of halogens is 3. The first-order chi connectivity index (χ1) is 9.02. The number of carbonyl (C=O) groups excluding carboxylic acids is 1. The number of alkyl halides is 1. The fourth-order valence-corrected chi connectivity index (χ4v) is 2.04. The normalized spacial score (nSPS) is 12.2. The molecule has 4 heteroatoms. The Bertz CT molecular complexity index is 611.